The predicted molar refractivity (Wildman–Crippen MR) is 88.3 cm³/mol. The number of likely N-dealkylation sites (N-methyl/N-ethyl adjacent to an activating group) is 1. The Labute approximate surface area is 124 Å². The minimum atomic E-state index is 0.416. The average molecular weight is 284 g/mol. The Bertz CT molecular complexity index is 615. The van der Waals surface area contributed by atoms with Gasteiger partial charge < -0.3 is 4.90 Å². The topological polar surface area (TPSA) is 15.6 Å². The van der Waals surface area contributed by atoms with Gasteiger partial charge in [0.2, 0.25) is 0 Å². The van der Waals surface area contributed by atoms with Crippen molar-refractivity contribution < 1.29 is 0 Å². The van der Waals surface area contributed by atoms with Crippen LogP contribution in [0.5, 0.6) is 0 Å². The molecule has 2 aliphatic rings. The van der Waals surface area contributed by atoms with Crippen molar-refractivity contribution in [2.24, 2.45) is 4.99 Å². The van der Waals surface area contributed by atoms with Crippen molar-refractivity contribution in [2.45, 2.75) is 25.8 Å². The van der Waals surface area contributed by atoms with Gasteiger partial charge in [-0.05, 0) is 49.2 Å². The third-order valence-corrected chi connectivity index (χ3v) is 4.86. The standard InChI is InChI=1S/C17H20N2S/c1-4-16(19(2)3)15-10-12-7-8-13(11-14(12)18-15)17-6-5-9-20-17/h5-10,16H,4,11H2,1-3H3. The molecule has 1 aromatic heterocycles. The lowest BCUT2D eigenvalue weighted by Crippen LogP contribution is -2.28. The van der Waals surface area contributed by atoms with Gasteiger partial charge >= 0.3 is 0 Å². The maximum atomic E-state index is 4.89. The molecule has 0 amide bonds. The molecule has 2 heterocycles. The minimum Gasteiger partial charge on any atom is -0.301 e. The molecule has 0 bridgehead atoms. The number of thiophene rings is 1. The molecule has 20 heavy (non-hydrogen) atoms. The molecule has 1 unspecified atom stereocenters. The third-order valence-electron chi connectivity index (χ3n) is 3.91. The van der Waals surface area contributed by atoms with E-state index in [9.17, 15) is 0 Å². The zero-order valence-electron chi connectivity index (χ0n) is 12.3. The van der Waals surface area contributed by atoms with E-state index in [-0.39, 0.29) is 0 Å². The molecule has 0 saturated carbocycles. The molecule has 0 N–H and O–H groups in total. The number of nitrogens with zero attached hydrogens (tertiary/aromatic N) is 2. The zero-order valence-corrected chi connectivity index (χ0v) is 13.1. The highest BCUT2D eigenvalue weighted by atomic mass is 32.1. The van der Waals surface area contributed by atoms with Gasteiger partial charge in [-0.2, -0.15) is 0 Å². The summed E-state index contributed by atoms with van der Waals surface area (Å²) >= 11 is 1.80. The first-order valence-corrected chi connectivity index (χ1v) is 7.97. The van der Waals surface area contributed by atoms with Crippen molar-refractivity contribution in [1.29, 1.82) is 0 Å². The van der Waals surface area contributed by atoms with Gasteiger partial charge in [-0.25, -0.2) is 0 Å². The Hall–Kier alpha value is -1.45. The SMILES string of the molecule is CCC(C1=CC2=CC=C(c3cccs3)CC2=N1)N(C)C. The number of hydrogen-bond acceptors (Lipinski definition) is 3. The summed E-state index contributed by atoms with van der Waals surface area (Å²) in [7, 11) is 4.25. The summed E-state index contributed by atoms with van der Waals surface area (Å²) in [5, 5.41) is 2.13. The minimum absolute atomic E-state index is 0.416. The van der Waals surface area contributed by atoms with Gasteiger partial charge in [-0.1, -0.05) is 25.1 Å². The highest BCUT2D eigenvalue weighted by Crippen LogP contribution is 2.33. The van der Waals surface area contributed by atoms with Crippen molar-refractivity contribution in [3.05, 3.63) is 51.9 Å². The molecule has 3 rings (SSSR count). The van der Waals surface area contributed by atoms with Gasteiger partial charge in [-0.15, -0.1) is 11.3 Å². The lowest BCUT2D eigenvalue weighted by atomic mass is 9.96. The van der Waals surface area contributed by atoms with E-state index in [4.69, 9.17) is 4.99 Å². The highest BCUT2D eigenvalue weighted by molar-refractivity contribution is 7.11. The van der Waals surface area contributed by atoms with Crippen molar-refractivity contribution in [1.82, 2.24) is 4.90 Å². The van der Waals surface area contributed by atoms with Gasteiger partial charge in [0.15, 0.2) is 0 Å². The lowest BCUT2D eigenvalue weighted by Gasteiger charge is -2.22. The van der Waals surface area contributed by atoms with E-state index in [2.05, 4.69) is 61.7 Å². The van der Waals surface area contributed by atoms with E-state index in [0.717, 1.165) is 12.8 Å². The third kappa shape index (κ3) is 2.43. The normalized spacial score (nSPS) is 19.2. The fourth-order valence-corrected chi connectivity index (χ4v) is 3.60. The lowest BCUT2D eigenvalue weighted by molar-refractivity contribution is 0.321. The molecule has 1 atom stereocenters. The van der Waals surface area contributed by atoms with E-state index < -0.39 is 0 Å². The second-order valence-electron chi connectivity index (χ2n) is 5.48. The molecular weight excluding hydrogens is 264 g/mol. The molecule has 0 radical (unpaired) electrons. The zero-order chi connectivity index (χ0) is 14.1. The molecule has 0 aromatic carbocycles. The van der Waals surface area contributed by atoms with Gasteiger partial charge in [0.1, 0.15) is 0 Å². The van der Waals surface area contributed by atoms with E-state index in [0.29, 0.717) is 6.04 Å². The Morgan fingerprint density at radius 3 is 2.85 bits per heavy atom. The number of hydrogen-bond donors (Lipinski definition) is 0. The Morgan fingerprint density at radius 1 is 1.35 bits per heavy atom. The summed E-state index contributed by atoms with van der Waals surface area (Å²) in [6, 6.07) is 4.71. The fraction of sp³-hybridized carbons (Fsp3) is 0.353. The number of rotatable bonds is 4. The smallest absolute Gasteiger partial charge is 0.0585 e. The second kappa shape index (κ2) is 5.51. The van der Waals surface area contributed by atoms with Gasteiger partial charge in [-0.3, -0.25) is 4.99 Å². The van der Waals surface area contributed by atoms with E-state index in [1.807, 2.05) is 0 Å². The van der Waals surface area contributed by atoms with Crippen LogP contribution in [0.3, 0.4) is 0 Å². The monoisotopic (exact) mass is 284 g/mol. The maximum absolute atomic E-state index is 4.89. The number of fused-ring (bicyclic) bond motifs is 1. The quantitative estimate of drug-likeness (QED) is 0.811. The van der Waals surface area contributed by atoms with Crippen LogP contribution in [0.15, 0.2) is 52.0 Å². The first kappa shape index (κ1) is 13.5. The molecule has 3 heteroatoms. The molecule has 0 saturated heterocycles. The molecule has 1 aromatic rings. The first-order valence-electron chi connectivity index (χ1n) is 7.09. The summed E-state index contributed by atoms with van der Waals surface area (Å²) in [4.78, 5) is 8.50. The number of aliphatic imine (C=N–C) groups is 1. The largest absolute Gasteiger partial charge is 0.301 e. The molecule has 0 fully saturated rings. The van der Waals surface area contributed by atoms with Crippen LogP contribution in [0.2, 0.25) is 0 Å². The molecular formula is C17H20N2S. The van der Waals surface area contributed by atoms with Crippen LogP contribution in [-0.4, -0.2) is 30.7 Å². The second-order valence-corrected chi connectivity index (χ2v) is 6.43. The summed E-state index contributed by atoms with van der Waals surface area (Å²) in [6.45, 7) is 2.22. The highest BCUT2D eigenvalue weighted by Gasteiger charge is 2.24. The summed E-state index contributed by atoms with van der Waals surface area (Å²) in [5.74, 6) is 0. The molecule has 104 valence electrons. The molecule has 1 aliphatic carbocycles. The first-order chi connectivity index (χ1) is 9.69. The van der Waals surface area contributed by atoms with Gasteiger partial charge in [0.25, 0.3) is 0 Å². The molecule has 1 aliphatic heterocycles. The van der Waals surface area contributed by atoms with Crippen LogP contribution in [-0.2, 0) is 0 Å². The summed E-state index contributed by atoms with van der Waals surface area (Å²) in [6.07, 6.45) is 8.76. The van der Waals surface area contributed by atoms with E-state index >= 15 is 0 Å². The Kier molecular flexibility index (Phi) is 3.72. The molecule has 2 nitrogen and oxygen atoms in total. The van der Waals surface area contributed by atoms with E-state index in [1.54, 1.807) is 11.3 Å². The maximum Gasteiger partial charge on any atom is 0.0585 e. The van der Waals surface area contributed by atoms with Crippen molar-refractivity contribution in [3.63, 3.8) is 0 Å². The van der Waals surface area contributed by atoms with Crippen LogP contribution in [0.25, 0.3) is 5.57 Å². The van der Waals surface area contributed by atoms with Crippen LogP contribution >= 0.6 is 11.3 Å². The van der Waals surface area contributed by atoms with Crippen LogP contribution < -0.4 is 0 Å². The van der Waals surface area contributed by atoms with Crippen LogP contribution in [0, 0.1) is 0 Å². The van der Waals surface area contributed by atoms with Crippen LogP contribution in [0.1, 0.15) is 24.6 Å². The fourth-order valence-electron chi connectivity index (χ4n) is 2.85. The Balaban J connectivity index is 1.84. The van der Waals surface area contributed by atoms with Gasteiger partial charge in [0.05, 0.1) is 17.5 Å². The van der Waals surface area contributed by atoms with Crippen LogP contribution in [0.4, 0.5) is 0 Å². The predicted octanol–water partition coefficient (Wildman–Crippen LogP) is 4.14. The number of allylic oxidation sites excluding steroid dienone is 5. The van der Waals surface area contributed by atoms with Crippen molar-refractivity contribution >= 4 is 22.6 Å². The van der Waals surface area contributed by atoms with Crippen molar-refractivity contribution in [2.75, 3.05) is 14.1 Å². The summed E-state index contributed by atoms with van der Waals surface area (Å²) < 4.78 is 0. The molecule has 0 spiro atoms. The average Bonchev–Trinajstić information content (AvgIpc) is 3.07. The van der Waals surface area contributed by atoms with E-state index in [1.165, 1.54) is 27.4 Å². The Morgan fingerprint density at radius 2 is 2.20 bits per heavy atom. The van der Waals surface area contributed by atoms with Crippen molar-refractivity contribution in [3.8, 4) is 0 Å². The summed E-state index contributed by atoms with van der Waals surface area (Å²) in [5.41, 5.74) is 5.11. The van der Waals surface area contributed by atoms with Gasteiger partial charge in [0, 0.05) is 11.3 Å².